The normalized spacial score (nSPS) is 17.5. The van der Waals surface area contributed by atoms with Gasteiger partial charge in [0.05, 0.1) is 0 Å². The highest BCUT2D eigenvalue weighted by Gasteiger charge is 2.39. The van der Waals surface area contributed by atoms with Crippen molar-refractivity contribution >= 4 is 11.6 Å². The van der Waals surface area contributed by atoms with Crippen molar-refractivity contribution in [2.45, 2.75) is 50.7 Å². The molecule has 1 fully saturated rings. The molecule has 0 unspecified atom stereocenters. The molecule has 0 atom stereocenters. The lowest BCUT2D eigenvalue weighted by Gasteiger charge is -2.21. The first kappa shape index (κ1) is 16.5. The lowest BCUT2D eigenvalue weighted by Crippen LogP contribution is -2.26. The second kappa shape index (κ2) is 7.48. The molecule has 3 rings (SSSR count). The van der Waals surface area contributed by atoms with E-state index in [1.807, 2.05) is 6.07 Å². The van der Waals surface area contributed by atoms with Crippen LogP contribution in [0, 0.1) is 12.3 Å². The molecule has 1 aromatic carbocycles. The molecule has 0 bridgehead atoms. The van der Waals surface area contributed by atoms with Gasteiger partial charge >= 0.3 is 0 Å². The Balaban J connectivity index is 1.47. The first-order valence-corrected chi connectivity index (χ1v) is 8.69. The van der Waals surface area contributed by atoms with Gasteiger partial charge in [0.15, 0.2) is 5.66 Å². The van der Waals surface area contributed by atoms with Gasteiger partial charge in [-0.15, -0.1) is 12.3 Å². The van der Waals surface area contributed by atoms with E-state index in [1.54, 1.807) is 0 Å². The molecule has 1 aromatic rings. The minimum atomic E-state index is -0.378. The maximum atomic E-state index is 12.1. The Morgan fingerprint density at radius 1 is 1.25 bits per heavy atom. The smallest absolute Gasteiger partial charge is 0.220 e. The number of carbonyl (C=O) groups is 1. The van der Waals surface area contributed by atoms with E-state index < -0.39 is 0 Å². The Morgan fingerprint density at radius 2 is 2.00 bits per heavy atom. The summed E-state index contributed by atoms with van der Waals surface area (Å²) in [5.74, 6) is 2.65. The molecule has 0 aliphatic carbocycles. The number of terminal acetylenes is 1. The van der Waals surface area contributed by atoms with E-state index in [0.717, 1.165) is 19.5 Å². The van der Waals surface area contributed by atoms with Crippen LogP contribution < -0.4 is 10.2 Å². The van der Waals surface area contributed by atoms with Gasteiger partial charge in [-0.05, 0) is 24.5 Å². The van der Waals surface area contributed by atoms with E-state index in [1.165, 1.54) is 24.1 Å². The number of hydrogen-bond acceptors (Lipinski definition) is 4. The Labute approximate surface area is 143 Å². The van der Waals surface area contributed by atoms with Crippen molar-refractivity contribution in [3.63, 3.8) is 0 Å². The van der Waals surface area contributed by atoms with Crippen LogP contribution in [-0.4, -0.2) is 24.7 Å². The van der Waals surface area contributed by atoms with Crippen molar-refractivity contribution in [2.75, 3.05) is 18.0 Å². The molecular formula is C19H24N4O. The highest BCUT2D eigenvalue weighted by atomic mass is 16.1. The van der Waals surface area contributed by atoms with Gasteiger partial charge in [-0.3, -0.25) is 4.79 Å². The number of amides is 1. The fraction of sp³-hybridized carbons (Fsp3) is 0.526. The molecule has 0 radical (unpaired) electrons. The first-order chi connectivity index (χ1) is 11.7. The maximum absolute atomic E-state index is 12.1. The van der Waals surface area contributed by atoms with Crippen LogP contribution >= 0.6 is 0 Å². The molecular weight excluding hydrogens is 300 g/mol. The average Bonchev–Trinajstić information content (AvgIpc) is 3.17. The number of anilines is 1. The molecule has 2 aliphatic heterocycles. The highest BCUT2D eigenvalue weighted by Crippen LogP contribution is 2.37. The van der Waals surface area contributed by atoms with Crippen LogP contribution in [0.25, 0.3) is 0 Å². The van der Waals surface area contributed by atoms with Crippen LogP contribution in [0.3, 0.4) is 0 Å². The van der Waals surface area contributed by atoms with Crippen LogP contribution in [-0.2, 0) is 11.3 Å². The summed E-state index contributed by atoms with van der Waals surface area (Å²) in [5, 5.41) is 11.2. The lowest BCUT2D eigenvalue weighted by atomic mass is 10.0. The lowest BCUT2D eigenvalue weighted by molar-refractivity contribution is -0.121. The van der Waals surface area contributed by atoms with Crippen LogP contribution in [0.2, 0.25) is 0 Å². The predicted molar refractivity (Wildman–Crippen MR) is 94.6 cm³/mol. The molecule has 0 spiro atoms. The molecule has 1 N–H and O–H groups in total. The van der Waals surface area contributed by atoms with Gasteiger partial charge < -0.3 is 10.2 Å². The summed E-state index contributed by atoms with van der Waals surface area (Å²) in [7, 11) is 0. The van der Waals surface area contributed by atoms with Crippen LogP contribution in [0.15, 0.2) is 34.5 Å². The van der Waals surface area contributed by atoms with Gasteiger partial charge in [-0.2, -0.15) is 10.2 Å². The minimum absolute atomic E-state index is 0.0450. The molecule has 2 heterocycles. The monoisotopic (exact) mass is 324 g/mol. The second-order valence-corrected chi connectivity index (χ2v) is 6.49. The number of nitrogens with zero attached hydrogens (tertiary/aromatic N) is 3. The molecule has 1 saturated heterocycles. The summed E-state index contributed by atoms with van der Waals surface area (Å²) in [4.78, 5) is 14.5. The van der Waals surface area contributed by atoms with Crippen molar-refractivity contribution in [3.8, 4) is 12.3 Å². The largest absolute Gasteiger partial charge is 0.371 e. The number of carbonyl (C=O) groups excluding carboxylic acids is 1. The summed E-state index contributed by atoms with van der Waals surface area (Å²) in [5.41, 5.74) is 2.04. The van der Waals surface area contributed by atoms with E-state index >= 15 is 0 Å². The molecule has 0 saturated carbocycles. The zero-order valence-electron chi connectivity index (χ0n) is 14.0. The first-order valence-electron chi connectivity index (χ1n) is 8.69. The third-order valence-corrected chi connectivity index (χ3v) is 4.72. The molecule has 1 amide bonds. The summed E-state index contributed by atoms with van der Waals surface area (Å²) in [6, 6.07) is 8.32. The average molecular weight is 324 g/mol. The molecule has 0 aromatic heterocycles. The third kappa shape index (κ3) is 4.14. The van der Waals surface area contributed by atoms with Gasteiger partial charge in [0.25, 0.3) is 0 Å². The fourth-order valence-electron chi connectivity index (χ4n) is 3.19. The molecule has 2 aliphatic rings. The van der Waals surface area contributed by atoms with E-state index in [9.17, 15) is 4.79 Å². The molecule has 24 heavy (non-hydrogen) atoms. The Hall–Kier alpha value is -2.35. The number of para-hydroxylation sites is 1. The van der Waals surface area contributed by atoms with Crippen molar-refractivity contribution in [1.29, 1.82) is 0 Å². The van der Waals surface area contributed by atoms with Gasteiger partial charge in [0, 0.05) is 51.0 Å². The predicted octanol–water partition coefficient (Wildman–Crippen LogP) is 3.26. The number of benzene rings is 1. The van der Waals surface area contributed by atoms with Gasteiger partial charge in [-0.25, -0.2) is 0 Å². The maximum Gasteiger partial charge on any atom is 0.220 e. The van der Waals surface area contributed by atoms with Crippen molar-refractivity contribution < 1.29 is 4.79 Å². The van der Waals surface area contributed by atoms with Crippen molar-refractivity contribution in [3.05, 3.63) is 29.8 Å². The Morgan fingerprint density at radius 3 is 2.71 bits per heavy atom. The van der Waals surface area contributed by atoms with Gasteiger partial charge in [0.1, 0.15) is 0 Å². The van der Waals surface area contributed by atoms with E-state index in [0.29, 0.717) is 25.8 Å². The minimum Gasteiger partial charge on any atom is -0.371 e. The summed E-state index contributed by atoms with van der Waals surface area (Å²) < 4.78 is 0. The standard InChI is InChI=1S/C19H24N4O/c1-2-3-11-19(21-22-19)12-10-18(24)20-15-16-8-4-5-9-17(16)23-13-6-7-14-23/h1,4-5,8-9H,3,6-7,10-15H2,(H,20,24). The molecule has 126 valence electrons. The van der Waals surface area contributed by atoms with Gasteiger partial charge in [0.2, 0.25) is 5.91 Å². The third-order valence-electron chi connectivity index (χ3n) is 4.72. The van der Waals surface area contributed by atoms with Crippen LogP contribution in [0.5, 0.6) is 0 Å². The summed E-state index contributed by atoms with van der Waals surface area (Å²) >= 11 is 0. The molecule has 5 heteroatoms. The number of nitrogens with one attached hydrogen (secondary N) is 1. The molecule has 5 nitrogen and oxygen atoms in total. The van der Waals surface area contributed by atoms with Gasteiger partial charge in [-0.1, -0.05) is 18.2 Å². The zero-order chi connectivity index (χ0) is 16.8. The van der Waals surface area contributed by atoms with E-state index in [2.05, 4.69) is 44.6 Å². The number of hydrogen-bond donors (Lipinski definition) is 1. The summed E-state index contributed by atoms with van der Waals surface area (Å²) in [6.07, 6.45) is 10.2. The fourth-order valence-corrected chi connectivity index (χ4v) is 3.19. The topological polar surface area (TPSA) is 57.1 Å². The quantitative estimate of drug-likeness (QED) is 0.746. The highest BCUT2D eigenvalue weighted by molar-refractivity contribution is 5.76. The van der Waals surface area contributed by atoms with Crippen LogP contribution in [0.4, 0.5) is 5.69 Å². The number of rotatable bonds is 8. The zero-order valence-corrected chi connectivity index (χ0v) is 14.0. The van der Waals surface area contributed by atoms with Crippen molar-refractivity contribution in [1.82, 2.24) is 5.32 Å². The SMILES string of the molecule is C#CCCC1(CCC(=O)NCc2ccccc2N2CCCC2)N=N1. The Kier molecular flexibility index (Phi) is 5.14. The van der Waals surface area contributed by atoms with Crippen LogP contribution in [0.1, 0.15) is 44.1 Å². The summed E-state index contributed by atoms with van der Waals surface area (Å²) in [6.45, 7) is 2.77. The van der Waals surface area contributed by atoms with E-state index in [4.69, 9.17) is 6.42 Å². The van der Waals surface area contributed by atoms with E-state index in [-0.39, 0.29) is 11.6 Å². The Bertz CT molecular complexity index is 650. The van der Waals surface area contributed by atoms with Crippen molar-refractivity contribution in [2.24, 2.45) is 10.2 Å². The second-order valence-electron chi connectivity index (χ2n) is 6.49.